The third kappa shape index (κ3) is 3.76. The van der Waals surface area contributed by atoms with Crippen LogP contribution in [0.4, 0.5) is 9.52 Å². The predicted molar refractivity (Wildman–Crippen MR) is 84.9 cm³/mol. The van der Waals surface area contributed by atoms with Crippen molar-refractivity contribution >= 4 is 22.4 Å². The maximum Gasteiger partial charge on any atom is 0.252 e. The van der Waals surface area contributed by atoms with Crippen molar-refractivity contribution in [1.29, 1.82) is 0 Å². The molecule has 1 N–H and O–H groups in total. The van der Waals surface area contributed by atoms with Crippen molar-refractivity contribution in [2.24, 2.45) is 0 Å². The summed E-state index contributed by atoms with van der Waals surface area (Å²) in [5, 5.41) is 3.35. The van der Waals surface area contributed by atoms with Crippen LogP contribution in [-0.2, 0) is 4.79 Å². The summed E-state index contributed by atoms with van der Waals surface area (Å²) < 4.78 is 13.0. The van der Waals surface area contributed by atoms with Gasteiger partial charge in [0.05, 0.1) is 5.69 Å². The number of nitrogens with one attached hydrogen (secondary N) is 1. The van der Waals surface area contributed by atoms with Crippen LogP contribution in [0.15, 0.2) is 35.9 Å². The number of rotatable bonds is 4. The SMILES string of the molecule is CC/C=C(/C)C(=O)Nc1nc(-c2ccc(F)cc2)c(C)s1. The maximum atomic E-state index is 13.0. The van der Waals surface area contributed by atoms with Crippen molar-refractivity contribution < 1.29 is 9.18 Å². The molecular formula is C16H17FN2OS. The van der Waals surface area contributed by atoms with E-state index in [0.29, 0.717) is 10.7 Å². The van der Waals surface area contributed by atoms with Gasteiger partial charge in [-0.05, 0) is 44.5 Å². The third-order valence-electron chi connectivity index (χ3n) is 3.00. The predicted octanol–water partition coefficient (Wildman–Crippen LogP) is 4.55. The van der Waals surface area contributed by atoms with E-state index in [4.69, 9.17) is 0 Å². The molecule has 0 spiro atoms. The summed E-state index contributed by atoms with van der Waals surface area (Å²) in [5.74, 6) is -0.420. The quantitative estimate of drug-likeness (QED) is 0.842. The van der Waals surface area contributed by atoms with Gasteiger partial charge in [-0.15, -0.1) is 11.3 Å². The molecule has 0 saturated heterocycles. The molecular weight excluding hydrogens is 287 g/mol. The molecule has 1 amide bonds. The molecule has 2 aromatic rings. The Morgan fingerprint density at radius 1 is 1.38 bits per heavy atom. The van der Waals surface area contributed by atoms with E-state index in [1.165, 1.54) is 23.5 Å². The molecule has 0 aliphatic carbocycles. The molecule has 21 heavy (non-hydrogen) atoms. The van der Waals surface area contributed by atoms with E-state index in [9.17, 15) is 9.18 Å². The number of benzene rings is 1. The van der Waals surface area contributed by atoms with E-state index in [1.807, 2.05) is 19.9 Å². The van der Waals surface area contributed by atoms with Gasteiger partial charge < -0.3 is 0 Å². The minimum Gasteiger partial charge on any atom is -0.298 e. The van der Waals surface area contributed by atoms with Gasteiger partial charge in [-0.1, -0.05) is 13.0 Å². The van der Waals surface area contributed by atoms with E-state index < -0.39 is 0 Å². The standard InChI is InChI=1S/C16H17FN2OS/c1-4-5-10(2)15(20)19-16-18-14(11(3)21-16)12-6-8-13(17)9-7-12/h5-9H,4H2,1-3H3,(H,18,19,20)/b10-5-. The lowest BCUT2D eigenvalue weighted by atomic mass is 10.1. The number of aromatic nitrogens is 1. The van der Waals surface area contributed by atoms with Gasteiger partial charge in [-0.25, -0.2) is 9.37 Å². The van der Waals surface area contributed by atoms with Gasteiger partial charge in [0, 0.05) is 16.0 Å². The van der Waals surface area contributed by atoms with Crippen molar-refractivity contribution in [3.05, 3.63) is 46.6 Å². The summed E-state index contributed by atoms with van der Waals surface area (Å²) >= 11 is 1.41. The number of allylic oxidation sites excluding steroid dienone is 1. The topological polar surface area (TPSA) is 42.0 Å². The fourth-order valence-corrected chi connectivity index (χ4v) is 2.75. The smallest absolute Gasteiger partial charge is 0.252 e. The lowest BCUT2D eigenvalue weighted by Gasteiger charge is -2.01. The molecule has 5 heteroatoms. The molecule has 0 aliphatic heterocycles. The Labute approximate surface area is 127 Å². The Morgan fingerprint density at radius 2 is 2.05 bits per heavy atom. The molecule has 0 saturated carbocycles. The molecule has 3 nitrogen and oxygen atoms in total. The third-order valence-corrected chi connectivity index (χ3v) is 3.89. The molecule has 1 heterocycles. The highest BCUT2D eigenvalue weighted by Crippen LogP contribution is 2.30. The summed E-state index contributed by atoms with van der Waals surface area (Å²) in [5.41, 5.74) is 2.28. The average Bonchev–Trinajstić information content (AvgIpc) is 2.80. The zero-order chi connectivity index (χ0) is 15.4. The van der Waals surface area contributed by atoms with Gasteiger partial charge >= 0.3 is 0 Å². The number of hydrogen-bond acceptors (Lipinski definition) is 3. The molecule has 1 aromatic carbocycles. The number of aryl methyl sites for hydroxylation is 1. The van der Waals surface area contributed by atoms with Gasteiger partial charge in [0.1, 0.15) is 5.82 Å². The van der Waals surface area contributed by atoms with Crippen molar-refractivity contribution in [2.45, 2.75) is 27.2 Å². The molecule has 0 unspecified atom stereocenters. The van der Waals surface area contributed by atoms with Crippen LogP contribution in [0.25, 0.3) is 11.3 Å². The zero-order valence-corrected chi connectivity index (χ0v) is 13.1. The first kappa shape index (κ1) is 15.4. The highest BCUT2D eigenvalue weighted by Gasteiger charge is 2.12. The van der Waals surface area contributed by atoms with E-state index in [2.05, 4.69) is 10.3 Å². The number of carbonyl (C=O) groups is 1. The molecule has 0 fully saturated rings. The Morgan fingerprint density at radius 3 is 2.67 bits per heavy atom. The lowest BCUT2D eigenvalue weighted by molar-refractivity contribution is -0.112. The lowest BCUT2D eigenvalue weighted by Crippen LogP contribution is -2.12. The first-order valence-electron chi connectivity index (χ1n) is 6.72. The monoisotopic (exact) mass is 304 g/mol. The molecule has 0 atom stereocenters. The largest absolute Gasteiger partial charge is 0.298 e. The van der Waals surface area contributed by atoms with Crippen LogP contribution < -0.4 is 5.32 Å². The van der Waals surface area contributed by atoms with E-state index in [1.54, 1.807) is 19.1 Å². The minimum absolute atomic E-state index is 0.142. The summed E-state index contributed by atoms with van der Waals surface area (Å²) in [6, 6.07) is 6.18. The molecule has 1 aromatic heterocycles. The number of amides is 1. The molecule has 2 rings (SSSR count). The van der Waals surface area contributed by atoms with Crippen LogP contribution in [0.3, 0.4) is 0 Å². The van der Waals surface area contributed by atoms with E-state index >= 15 is 0 Å². The maximum absolute atomic E-state index is 13.0. The highest BCUT2D eigenvalue weighted by molar-refractivity contribution is 7.16. The Bertz CT molecular complexity index is 674. The number of carbonyl (C=O) groups excluding carboxylic acids is 1. The number of thiazole rings is 1. The summed E-state index contributed by atoms with van der Waals surface area (Å²) in [6.07, 6.45) is 2.69. The van der Waals surface area contributed by atoms with Crippen molar-refractivity contribution in [2.75, 3.05) is 5.32 Å². The summed E-state index contributed by atoms with van der Waals surface area (Å²) in [6.45, 7) is 5.69. The second-order valence-electron chi connectivity index (χ2n) is 4.68. The molecule has 0 radical (unpaired) electrons. The molecule has 0 bridgehead atoms. The summed E-state index contributed by atoms with van der Waals surface area (Å²) in [4.78, 5) is 17.4. The Hall–Kier alpha value is -2.01. The second kappa shape index (κ2) is 6.63. The summed E-state index contributed by atoms with van der Waals surface area (Å²) in [7, 11) is 0. The fraction of sp³-hybridized carbons (Fsp3) is 0.250. The number of nitrogens with zero attached hydrogens (tertiary/aromatic N) is 1. The van der Waals surface area contributed by atoms with Crippen LogP contribution in [0, 0.1) is 12.7 Å². The second-order valence-corrected chi connectivity index (χ2v) is 5.88. The zero-order valence-electron chi connectivity index (χ0n) is 12.2. The Kier molecular flexibility index (Phi) is 4.85. The van der Waals surface area contributed by atoms with Crippen molar-refractivity contribution in [3.8, 4) is 11.3 Å². The van der Waals surface area contributed by atoms with Crippen LogP contribution in [0.1, 0.15) is 25.1 Å². The van der Waals surface area contributed by atoms with Crippen LogP contribution in [-0.4, -0.2) is 10.9 Å². The van der Waals surface area contributed by atoms with Gasteiger partial charge in [0.25, 0.3) is 5.91 Å². The van der Waals surface area contributed by atoms with Crippen molar-refractivity contribution in [1.82, 2.24) is 4.98 Å². The van der Waals surface area contributed by atoms with E-state index in [-0.39, 0.29) is 11.7 Å². The van der Waals surface area contributed by atoms with Gasteiger partial charge in [0.2, 0.25) is 0 Å². The van der Waals surface area contributed by atoms with Crippen molar-refractivity contribution in [3.63, 3.8) is 0 Å². The number of anilines is 1. The van der Waals surface area contributed by atoms with Crippen LogP contribution in [0.5, 0.6) is 0 Å². The van der Waals surface area contributed by atoms with Crippen LogP contribution >= 0.6 is 11.3 Å². The minimum atomic E-state index is -0.277. The first-order valence-corrected chi connectivity index (χ1v) is 7.54. The number of hydrogen-bond donors (Lipinski definition) is 1. The average molecular weight is 304 g/mol. The van der Waals surface area contributed by atoms with E-state index in [0.717, 1.165) is 22.6 Å². The molecule has 110 valence electrons. The molecule has 0 aliphatic rings. The first-order chi connectivity index (χ1) is 10.0. The Balaban J connectivity index is 2.21. The van der Waals surface area contributed by atoms with Gasteiger partial charge in [-0.2, -0.15) is 0 Å². The fourth-order valence-electron chi connectivity index (χ4n) is 1.92. The normalized spacial score (nSPS) is 11.5. The van der Waals surface area contributed by atoms with Gasteiger partial charge in [-0.3, -0.25) is 10.1 Å². The van der Waals surface area contributed by atoms with Gasteiger partial charge in [0.15, 0.2) is 5.13 Å². The number of halogens is 1. The van der Waals surface area contributed by atoms with Crippen LogP contribution in [0.2, 0.25) is 0 Å². The highest BCUT2D eigenvalue weighted by atomic mass is 32.1.